The summed E-state index contributed by atoms with van der Waals surface area (Å²) in [5.74, 6) is 1.01. The number of nitrogens with zero attached hydrogens (tertiary/aromatic N) is 2. The van der Waals surface area contributed by atoms with Crippen LogP contribution in [0.4, 0.5) is 5.69 Å². The molecule has 1 aliphatic rings. The Labute approximate surface area is 162 Å². The number of benzene rings is 2. The van der Waals surface area contributed by atoms with Crippen LogP contribution in [0.2, 0.25) is 5.02 Å². The van der Waals surface area contributed by atoms with Gasteiger partial charge in [0.25, 0.3) is 5.91 Å². The molecule has 0 saturated carbocycles. The second kappa shape index (κ2) is 8.01. The molecule has 5 nitrogen and oxygen atoms in total. The van der Waals surface area contributed by atoms with Gasteiger partial charge in [-0.2, -0.15) is 0 Å². The second-order valence-corrected chi connectivity index (χ2v) is 7.66. The van der Waals surface area contributed by atoms with E-state index in [1.165, 1.54) is 0 Å². The van der Waals surface area contributed by atoms with Gasteiger partial charge in [0, 0.05) is 28.4 Å². The quantitative estimate of drug-likeness (QED) is 0.764. The van der Waals surface area contributed by atoms with E-state index >= 15 is 0 Å². The van der Waals surface area contributed by atoms with Crippen LogP contribution in [0.5, 0.6) is 11.5 Å². The van der Waals surface area contributed by atoms with Crippen LogP contribution in [-0.4, -0.2) is 42.0 Å². The van der Waals surface area contributed by atoms with Crippen molar-refractivity contribution in [2.75, 3.05) is 20.8 Å². The predicted molar refractivity (Wildman–Crippen MR) is 106 cm³/mol. The van der Waals surface area contributed by atoms with E-state index in [0.717, 1.165) is 5.69 Å². The highest BCUT2D eigenvalue weighted by molar-refractivity contribution is 8.14. The fourth-order valence-electron chi connectivity index (χ4n) is 2.59. The highest BCUT2D eigenvalue weighted by Crippen LogP contribution is 2.31. The van der Waals surface area contributed by atoms with Crippen LogP contribution < -0.4 is 9.47 Å². The molecule has 1 heterocycles. The fraction of sp³-hybridized carbons (Fsp3) is 0.263. The average Bonchev–Trinajstić information content (AvgIpc) is 3.02. The molecule has 0 aromatic heterocycles. The van der Waals surface area contributed by atoms with E-state index in [9.17, 15) is 4.79 Å². The van der Waals surface area contributed by atoms with Crippen molar-refractivity contribution in [3.8, 4) is 11.5 Å². The molecule has 1 amide bonds. The minimum atomic E-state index is -0.133. The summed E-state index contributed by atoms with van der Waals surface area (Å²) in [4.78, 5) is 19.4. The number of ether oxygens (including phenoxy) is 2. The van der Waals surface area contributed by atoms with Gasteiger partial charge in [0.2, 0.25) is 0 Å². The van der Waals surface area contributed by atoms with Gasteiger partial charge in [-0.05, 0) is 36.4 Å². The molecule has 1 fully saturated rings. The van der Waals surface area contributed by atoms with Gasteiger partial charge >= 0.3 is 0 Å². The van der Waals surface area contributed by atoms with Crippen LogP contribution in [0.15, 0.2) is 47.5 Å². The Morgan fingerprint density at radius 2 is 1.77 bits per heavy atom. The molecule has 0 bridgehead atoms. The fourth-order valence-corrected chi connectivity index (χ4v) is 3.74. The van der Waals surface area contributed by atoms with Crippen molar-refractivity contribution in [1.29, 1.82) is 0 Å². The van der Waals surface area contributed by atoms with Crippen LogP contribution in [0.25, 0.3) is 0 Å². The molecule has 0 N–H and O–H groups in total. The van der Waals surface area contributed by atoms with Crippen LogP contribution in [0.3, 0.4) is 0 Å². The summed E-state index contributed by atoms with van der Waals surface area (Å²) in [6, 6.07) is 12.4. The Morgan fingerprint density at radius 3 is 2.35 bits per heavy atom. The lowest BCUT2D eigenvalue weighted by Gasteiger charge is -2.17. The molecule has 26 heavy (non-hydrogen) atoms. The number of hydrogen-bond donors (Lipinski definition) is 0. The van der Waals surface area contributed by atoms with E-state index in [1.54, 1.807) is 61.2 Å². The number of halogens is 1. The number of amides is 1. The van der Waals surface area contributed by atoms with Gasteiger partial charge in [-0.15, -0.1) is 0 Å². The van der Waals surface area contributed by atoms with Gasteiger partial charge in [-0.25, -0.2) is 4.99 Å². The number of amidine groups is 1. The number of thioether (sulfide) groups is 1. The molecule has 1 atom stereocenters. The SMILES string of the molecule is COc1cc(OC)cc(C(=O)N2C[C@H](C)SC2=Nc2ccc(Cl)cc2)c1. The van der Waals surface area contributed by atoms with E-state index in [-0.39, 0.29) is 11.2 Å². The highest BCUT2D eigenvalue weighted by atomic mass is 35.5. The number of carbonyl (C=O) groups is 1. The number of hydrogen-bond acceptors (Lipinski definition) is 5. The summed E-state index contributed by atoms with van der Waals surface area (Å²) in [5, 5.41) is 1.59. The smallest absolute Gasteiger partial charge is 0.260 e. The van der Waals surface area contributed by atoms with Crippen LogP contribution >= 0.6 is 23.4 Å². The summed E-state index contributed by atoms with van der Waals surface area (Å²) in [6.07, 6.45) is 0. The first kappa shape index (κ1) is 18.6. The molecule has 0 aliphatic carbocycles. The molecule has 1 aliphatic heterocycles. The Bertz CT molecular complexity index is 817. The molecular weight excluding hydrogens is 372 g/mol. The highest BCUT2D eigenvalue weighted by Gasteiger charge is 2.32. The third kappa shape index (κ3) is 4.14. The van der Waals surface area contributed by atoms with Crippen LogP contribution in [0, 0.1) is 0 Å². The van der Waals surface area contributed by atoms with Crippen molar-refractivity contribution in [2.24, 2.45) is 4.99 Å². The standard InChI is InChI=1S/C19H19ClN2O3S/c1-12-11-22(19(26-12)21-15-6-4-14(20)5-7-15)18(23)13-8-16(24-2)10-17(9-13)25-3/h4-10,12H,11H2,1-3H3/t12-/m0/s1. The van der Waals surface area contributed by atoms with Crippen LogP contribution in [-0.2, 0) is 0 Å². The van der Waals surface area contributed by atoms with Gasteiger partial charge in [0.05, 0.1) is 19.9 Å². The Hall–Kier alpha value is -2.18. The van der Waals surface area contributed by atoms with Crippen molar-refractivity contribution in [1.82, 2.24) is 4.90 Å². The van der Waals surface area contributed by atoms with E-state index < -0.39 is 0 Å². The molecule has 136 valence electrons. The van der Waals surface area contributed by atoms with Crippen molar-refractivity contribution in [3.05, 3.63) is 53.1 Å². The molecule has 2 aromatic rings. The first-order chi connectivity index (χ1) is 12.5. The molecule has 2 aromatic carbocycles. The van der Waals surface area contributed by atoms with E-state index in [4.69, 9.17) is 21.1 Å². The van der Waals surface area contributed by atoms with Gasteiger partial charge in [-0.1, -0.05) is 30.3 Å². The summed E-state index contributed by atoms with van der Waals surface area (Å²) in [6.45, 7) is 2.66. The maximum atomic E-state index is 13.1. The zero-order valence-electron chi connectivity index (χ0n) is 14.7. The third-order valence-corrected chi connectivity index (χ3v) is 5.20. The summed E-state index contributed by atoms with van der Waals surface area (Å²) >= 11 is 7.50. The summed E-state index contributed by atoms with van der Waals surface area (Å²) < 4.78 is 10.5. The van der Waals surface area contributed by atoms with Gasteiger partial charge in [0.15, 0.2) is 5.17 Å². The minimum absolute atomic E-state index is 0.133. The summed E-state index contributed by atoms with van der Waals surface area (Å²) in [5.41, 5.74) is 1.26. The van der Waals surface area contributed by atoms with Crippen molar-refractivity contribution < 1.29 is 14.3 Å². The number of rotatable bonds is 4. The zero-order valence-corrected chi connectivity index (χ0v) is 16.3. The largest absolute Gasteiger partial charge is 0.497 e. The molecular formula is C19H19ClN2O3S. The predicted octanol–water partition coefficient (Wildman–Crippen LogP) is 4.62. The Balaban J connectivity index is 1.93. The topological polar surface area (TPSA) is 51.1 Å². The van der Waals surface area contributed by atoms with Crippen molar-refractivity contribution in [2.45, 2.75) is 12.2 Å². The van der Waals surface area contributed by atoms with E-state index in [2.05, 4.69) is 11.9 Å². The van der Waals surface area contributed by atoms with Crippen LogP contribution in [0.1, 0.15) is 17.3 Å². The monoisotopic (exact) mass is 390 g/mol. The van der Waals surface area contributed by atoms with Gasteiger partial charge in [0.1, 0.15) is 11.5 Å². The average molecular weight is 391 g/mol. The third-order valence-electron chi connectivity index (χ3n) is 3.87. The lowest BCUT2D eigenvalue weighted by atomic mass is 10.1. The zero-order chi connectivity index (χ0) is 18.7. The minimum Gasteiger partial charge on any atom is -0.497 e. The van der Waals surface area contributed by atoms with Gasteiger partial charge in [-0.3, -0.25) is 9.69 Å². The van der Waals surface area contributed by atoms with E-state index in [1.807, 2.05) is 12.1 Å². The summed E-state index contributed by atoms with van der Waals surface area (Å²) in [7, 11) is 3.12. The molecule has 0 spiro atoms. The van der Waals surface area contributed by atoms with Crippen molar-refractivity contribution >= 4 is 40.1 Å². The first-order valence-electron chi connectivity index (χ1n) is 8.06. The molecule has 7 heteroatoms. The maximum Gasteiger partial charge on any atom is 0.260 e. The number of aliphatic imine (C=N–C) groups is 1. The Kier molecular flexibility index (Phi) is 5.74. The maximum absolute atomic E-state index is 13.1. The first-order valence-corrected chi connectivity index (χ1v) is 9.31. The van der Waals surface area contributed by atoms with Crippen molar-refractivity contribution in [3.63, 3.8) is 0 Å². The molecule has 0 radical (unpaired) electrons. The second-order valence-electron chi connectivity index (χ2n) is 5.82. The Morgan fingerprint density at radius 1 is 1.15 bits per heavy atom. The van der Waals surface area contributed by atoms with E-state index in [0.29, 0.717) is 33.8 Å². The van der Waals surface area contributed by atoms with Gasteiger partial charge < -0.3 is 9.47 Å². The molecule has 0 unspecified atom stereocenters. The lowest BCUT2D eigenvalue weighted by molar-refractivity contribution is 0.0854. The molecule has 1 saturated heterocycles. The molecule has 3 rings (SSSR count). The number of carbonyl (C=O) groups excluding carboxylic acids is 1. The lowest BCUT2D eigenvalue weighted by Crippen LogP contribution is -2.32. The number of methoxy groups -OCH3 is 2. The normalized spacial score (nSPS) is 18.2.